The summed E-state index contributed by atoms with van der Waals surface area (Å²) < 4.78 is 13.1. The Bertz CT molecular complexity index is 105. The smallest absolute Gasteiger partial charge is 0.116 e. The van der Waals surface area contributed by atoms with Crippen molar-refractivity contribution in [3.05, 3.63) is 0 Å². The van der Waals surface area contributed by atoms with E-state index in [4.69, 9.17) is 0 Å². The van der Waals surface area contributed by atoms with Crippen LogP contribution in [0.5, 0.6) is 0 Å². The molecule has 1 heterocycles. The minimum atomic E-state index is -0.580. The summed E-state index contributed by atoms with van der Waals surface area (Å²) in [6.07, 6.45) is 1.45. The fourth-order valence-electron chi connectivity index (χ4n) is 1.57. The van der Waals surface area contributed by atoms with Gasteiger partial charge in [0, 0.05) is 6.54 Å². The Labute approximate surface area is 62.2 Å². The van der Waals surface area contributed by atoms with E-state index >= 15 is 0 Å². The Morgan fingerprint density at radius 2 is 2.30 bits per heavy atom. The van der Waals surface area contributed by atoms with E-state index in [1.54, 1.807) is 0 Å². The van der Waals surface area contributed by atoms with Crippen molar-refractivity contribution in [1.82, 2.24) is 4.90 Å². The Hall–Kier alpha value is -0.110. The average Bonchev–Trinajstić information content (AvgIpc) is 1.88. The zero-order valence-electron chi connectivity index (χ0n) is 6.81. The van der Waals surface area contributed by atoms with Crippen LogP contribution in [0.25, 0.3) is 0 Å². The van der Waals surface area contributed by atoms with E-state index in [2.05, 4.69) is 11.8 Å². The van der Waals surface area contributed by atoms with Crippen molar-refractivity contribution in [2.45, 2.75) is 25.9 Å². The van der Waals surface area contributed by atoms with Crippen LogP contribution in [-0.2, 0) is 0 Å². The maximum absolute atomic E-state index is 13.1. The molecule has 0 radical (unpaired) electrons. The number of alkyl halides is 1. The second-order valence-electron chi connectivity index (χ2n) is 3.24. The number of nitrogens with zero attached hydrogens (tertiary/aromatic N) is 1. The number of likely N-dealkylation sites (tertiary alicyclic amines) is 1. The second-order valence-corrected chi connectivity index (χ2v) is 3.24. The van der Waals surface area contributed by atoms with Gasteiger partial charge in [-0.3, -0.25) is 0 Å². The van der Waals surface area contributed by atoms with E-state index in [1.807, 2.05) is 7.05 Å². The van der Waals surface area contributed by atoms with E-state index in [0.29, 0.717) is 12.5 Å². The molecule has 0 N–H and O–H groups in total. The number of piperidine rings is 1. The molecule has 1 nitrogen and oxygen atoms in total. The molecule has 1 fully saturated rings. The first kappa shape index (κ1) is 7.99. The molecule has 60 valence electrons. The molecule has 1 aliphatic rings. The predicted octanol–water partition coefficient (Wildman–Crippen LogP) is 1.69. The predicted molar refractivity (Wildman–Crippen MR) is 40.8 cm³/mol. The van der Waals surface area contributed by atoms with Gasteiger partial charge < -0.3 is 4.90 Å². The van der Waals surface area contributed by atoms with Crippen molar-refractivity contribution in [1.29, 1.82) is 0 Å². The molecule has 0 aromatic carbocycles. The van der Waals surface area contributed by atoms with Crippen LogP contribution in [0.15, 0.2) is 0 Å². The van der Waals surface area contributed by atoms with Gasteiger partial charge in [-0.1, -0.05) is 13.3 Å². The van der Waals surface area contributed by atoms with Crippen LogP contribution in [0.1, 0.15) is 19.8 Å². The van der Waals surface area contributed by atoms with Gasteiger partial charge in [0.25, 0.3) is 0 Å². The molecule has 0 aromatic heterocycles. The van der Waals surface area contributed by atoms with Gasteiger partial charge in [0.05, 0.1) is 0 Å². The molecule has 0 spiro atoms. The molecule has 2 atom stereocenters. The van der Waals surface area contributed by atoms with Crippen LogP contribution in [0.4, 0.5) is 4.39 Å². The van der Waals surface area contributed by atoms with Gasteiger partial charge in [0.2, 0.25) is 0 Å². The SMILES string of the molecule is CCC1CCN(C)C[C@@H]1F. The lowest BCUT2D eigenvalue weighted by molar-refractivity contribution is 0.100. The van der Waals surface area contributed by atoms with Gasteiger partial charge in [-0.15, -0.1) is 0 Å². The van der Waals surface area contributed by atoms with Crippen LogP contribution in [0, 0.1) is 5.92 Å². The highest BCUT2D eigenvalue weighted by atomic mass is 19.1. The summed E-state index contributed by atoms with van der Waals surface area (Å²) in [7, 11) is 1.98. The van der Waals surface area contributed by atoms with Gasteiger partial charge in [-0.25, -0.2) is 4.39 Å². The van der Waals surface area contributed by atoms with Crippen LogP contribution >= 0.6 is 0 Å². The van der Waals surface area contributed by atoms with Crippen LogP contribution < -0.4 is 0 Å². The van der Waals surface area contributed by atoms with Crippen LogP contribution in [0.2, 0.25) is 0 Å². The van der Waals surface area contributed by atoms with Crippen molar-refractivity contribution >= 4 is 0 Å². The zero-order chi connectivity index (χ0) is 7.56. The van der Waals surface area contributed by atoms with Gasteiger partial charge in [-0.2, -0.15) is 0 Å². The largest absolute Gasteiger partial charge is 0.303 e. The Morgan fingerprint density at radius 1 is 1.60 bits per heavy atom. The van der Waals surface area contributed by atoms with Gasteiger partial charge in [-0.05, 0) is 25.9 Å². The van der Waals surface area contributed by atoms with E-state index < -0.39 is 6.17 Å². The number of hydrogen-bond donors (Lipinski definition) is 0. The standard InChI is InChI=1S/C8H16FN/c1-3-7-4-5-10(2)6-8(7)9/h7-8H,3-6H2,1-2H3/t7?,8-/m0/s1. The molecule has 0 bridgehead atoms. The van der Waals surface area contributed by atoms with Gasteiger partial charge in [0.1, 0.15) is 6.17 Å². The molecular weight excluding hydrogens is 129 g/mol. The fraction of sp³-hybridized carbons (Fsp3) is 1.00. The van der Waals surface area contributed by atoms with Crippen LogP contribution in [-0.4, -0.2) is 31.2 Å². The van der Waals surface area contributed by atoms with E-state index in [1.165, 1.54) is 0 Å². The first-order valence-corrected chi connectivity index (χ1v) is 4.06. The molecule has 1 aliphatic heterocycles. The van der Waals surface area contributed by atoms with Crippen molar-refractivity contribution in [3.8, 4) is 0 Å². The quantitative estimate of drug-likeness (QED) is 0.542. The summed E-state index contributed by atoms with van der Waals surface area (Å²) in [4.78, 5) is 2.07. The van der Waals surface area contributed by atoms with Gasteiger partial charge >= 0.3 is 0 Å². The highest BCUT2D eigenvalue weighted by Gasteiger charge is 2.25. The van der Waals surface area contributed by atoms with Crippen molar-refractivity contribution in [2.75, 3.05) is 20.1 Å². The summed E-state index contributed by atoms with van der Waals surface area (Å²) >= 11 is 0. The third-order valence-corrected chi connectivity index (χ3v) is 2.40. The van der Waals surface area contributed by atoms with E-state index in [0.717, 1.165) is 19.4 Å². The van der Waals surface area contributed by atoms with E-state index in [-0.39, 0.29) is 0 Å². The normalized spacial score (nSPS) is 36.3. The third kappa shape index (κ3) is 1.69. The maximum Gasteiger partial charge on any atom is 0.116 e. The monoisotopic (exact) mass is 145 g/mol. The van der Waals surface area contributed by atoms with E-state index in [9.17, 15) is 4.39 Å². The highest BCUT2D eigenvalue weighted by molar-refractivity contribution is 4.77. The third-order valence-electron chi connectivity index (χ3n) is 2.40. The maximum atomic E-state index is 13.1. The minimum Gasteiger partial charge on any atom is -0.303 e. The fourth-order valence-corrected chi connectivity index (χ4v) is 1.57. The number of rotatable bonds is 1. The first-order chi connectivity index (χ1) is 4.74. The first-order valence-electron chi connectivity index (χ1n) is 4.06. The molecule has 10 heavy (non-hydrogen) atoms. The van der Waals surface area contributed by atoms with Crippen molar-refractivity contribution < 1.29 is 4.39 Å². The molecule has 1 saturated heterocycles. The lowest BCUT2D eigenvalue weighted by atomic mass is 9.93. The Kier molecular flexibility index (Phi) is 2.66. The minimum absolute atomic E-state index is 0.330. The summed E-state index contributed by atoms with van der Waals surface area (Å²) in [5.41, 5.74) is 0. The van der Waals surface area contributed by atoms with Crippen molar-refractivity contribution in [2.24, 2.45) is 5.92 Å². The molecule has 0 amide bonds. The summed E-state index contributed by atoms with van der Waals surface area (Å²) in [6.45, 7) is 3.78. The lowest BCUT2D eigenvalue weighted by Gasteiger charge is -2.31. The zero-order valence-corrected chi connectivity index (χ0v) is 6.81. The molecule has 0 aromatic rings. The van der Waals surface area contributed by atoms with Gasteiger partial charge in [0.15, 0.2) is 0 Å². The van der Waals surface area contributed by atoms with Crippen LogP contribution in [0.3, 0.4) is 0 Å². The summed E-state index contributed by atoms with van der Waals surface area (Å²) in [5.74, 6) is 0.330. The molecule has 2 heteroatoms. The Morgan fingerprint density at radius 3 is 2.80 bits per heavy atom. The summed E-state index contributed by atoms with van der Waals surface area (Å²) in [5, 5.41) is 0. The Balaban J connectivity index is 2.36. The molecule has 1 rings (SSSR count). The lowest BCUT2D eigenvalue weighted by Crippen LogP contribution is -2.39. The molecule has 0 saturated carbocycles. The topological polar surface area (TPSA) is 3.24 Å². The van der Waals surface area contributed by atoms with Crippen molar-refractivity contribution in [3.63, 3.8) is 0 Å². The average molecular weight is 145 g/mol. The molecular formula is C8H16FN. The molecule has 0 aliphatic carbocycles. The highest BCUT2D eigenvalue weighted by Crippen LogP contribution is 2.21. The number of hydrogen-bond acceptors (Lipinski definition) is 1. The number of halogens is 1. The second kappa shape index (κ2) is 3.33. The summed E-state index contributed by atoms with van der Waals surface area (Å²) in [6, 6.07) is 0. The molecule has 1 unspecified atom stereocenters.